The number of methoxy groups -OCH3 is 1. The van der Waals surface area contributed by atoms with Gasteiger partial charge in [-0.25, -0.2) is 5.01 Å². The summed E-state index contributed by atoms with van der Waals surface area (Å²) in [6, 6.07) is 11.7. The van der Waals surface area contributed by atoms with Crippen LogP contribution in [0.15, 0.2) is 55.3 Å². The van der Waals surface area contributed by atoms with E-state index in [2.05, 4.69) is 25.4 Å². The van der Waals surface area contributed by atoms with Crippen molar-refractivity contribution < 1.29 is 18.3 Å². The van der Waals surface area contributed by atoms with Crippen LogP contribution in [0.25, 0.3) is 0 Å². The molecule has 3 rings (SSSR count). The molecule has 1 aliphatic rings. The number of ether oxygens (including phenoxy) is 1. The fourth-order valence-corrected chi connectivity index (χ4v) is 4.29. The van der Waals surface area contributed by atoms with Crippen molar-refractivity contribution >= 4 is 38.0 Å². The van der Waals surface area contributed by atoms with Crippen molar-refractivity contribution in [2.24, 2.45) is 9.50 Å². The molecule has 28 heavy (non-hydrogen) atoms. The first kappa shape index (κ1) is 19.9. The van der Waals surface area contributed by atoms with E-state index in [1.165, 1.54) is 24.4 Å². The number of hydrazone groups is 1. The number of nitriles is 1. The van der Waals surface area contributed by atoms with E-state index in [1.54, 1.807) is 30.3 Å². The van der Waals surface area contributed by atoms with Gasteiger partial charge in [0, 0.05) is 15.6 Å². The number of hydrogen-bond donors (Lipinski definition) is 1. The van der Waals surface area contributed by atoms with Crippen LogP contribution in [0.2, 0.25) is 0 Å². The molecular weight excluding hydrogens is 448 g/mol. The number of rotatable bonds is 5. The Bertz CT molecular complexity index is 1120. The summed E-state index contributed by atoms with van der Waals surface area (Å²) in [4.78, 5) is 0.0918. The monoisotopic (exact) mass is 462 g/mol. The van der Waals surface area contributed by atoms with Gasteiger partial charge in [0.05, 0.1) is 32.4 Å². The lowest BCUT2D eigenvalue weighted by molar-refractivity contribution is 0.372. The quantitative estimate of drug-likeness (QED) is 0.539. The first-order valence-electron chi connectivity index (χ1n) is 8.06. The summed E-state index contributed by atoms with van der Waals surface area (Å²) in [5.74, 6) is 0.269. The van der Waals surface area contributed by atoms with E-state index in [9.17, 15) is 13.5 Å². The Balaban J connectivity index is 2.03. The summed E-state index contributed by atoms with van der Waals surface area (Å²) in [5, 5.41) is 24.8. The van der Waals surface area contributed by atoms with Crippen molar-refractivity contribution in [1.29, 1.82) is 5.26 Å². The molecule has 0 atom stereocenters. The minimum Gasteiger partial charge on any atom is -0.504 e. The van der Waals surface area contributed by atoms with E-state index in [-0.39, 0.29) is 35.2 Å². The first-order chi connectivity index (χ1) is 13.4. The number of sulfonamides is 1. The van der Waals surface area contributed by atoms with Gasteiger partial charge in [-0.05, 0) is 24.3 Å². The third-order valence-electron chi connectivity index (χ3n) is 3.92. The van der Waals surface area contributed by atoms with Gasteiger partial charge >= 0.3 is 0 Å². The van der Waals surface area contributed by atoms with E-state index in [0.717, 1.165) is 0 Å². The lowest BCUT2D eigenvalue weighted by atomic mass is 10.2. The average Bonchev–Trinajstić information content (AvgIpc) is 2.95. The molecular formula is C18H15BrN4O4S. The van der Waals surface area contributed by atoms with Crippen molar-refractivity contribution in [1.82, 2.24) is 5.01 Å². The Morgan fingerprint density at radius 1 is 1.39 bits per heavy atom. The summed E-state index contributed by atoms with van der Waals surface area (Å²) in [5.41, 5.74) is 0.761. The predicted molar refractivity (Wildman–Crippen MR) is 107 cm³/mol. The molecule has 1 aliphatic heterocycles. The number of hydrogen-bond acceptors (Lipinski definition) is 7. The summed E-state index contributed by atoms with van der Waals surface area (Å²) in [6.07, 6.45) is 1.46. The molecule has 0 bridgehead atoms. The zero-order valence-corrected chi connectivity index (χ0v) is 17.1. The zero-order chi connectivity index (χ0) is 20.3. The van der Waals surface area contributed by atoms with Crippen molar-refractivity contribution in [2.45, 2.75) is 11.3 Å². The van der Waals surface area contributed by atoms with E-state index >= 15 is 0 Å². The largest absolute Gasteiger partial charge is 0.504 e. The summed E-state index contributed by atoms with van der Waals surface area (Å²) in [7, 11) is -2.39. The van der Waals surface area contributed by atoms with Gasteiger partial charge in [0.15, 0.2) is 17.3 Å². The molecule has 8 nitrogen and oxygen atoms in total. The molecule has 0 aromatic heterocycles. The summed E-state index contributed by atoms with van der Waals surface area (Å²) in [6.45, 7) is 0.127. The van der Waals surface area contributed by atoms with Crippen LogP contribution in [-0.4, -0.2) is 44.2 Å². The van der Waals surface area contributed by atoms with Crippen LogP contribution >= 0.6 is 15.9 Å². The second-order valence-corrected chi connectivity index (χ2v) is 8.20. The maximum atomic E-state index is 12.3. The molecule has 2 aromatic rings. The molecule has 1 N–H and O–H groups in total. The molecule has 0 aliphatic carbocycles. The van der Waals surface area contributed by atoms with Crippen molar-refractivity contribution in [3.63, 3.8) is 0 Å². The molecule has 0 radical (unpaired) electrons. The van der Waals surface area contributed by atoms with Gasteiger partial charge in [0.2, 0.25) is 0 Å². The Labute approximate surface area is 170 Å². The maximum Gasteiger partial charge on any atom is 0.285 e. The topological polar surface area (TPSA) is 115 Å². The normalized spacial score (nSPS) is 14.4. The van der Waals surface area contributed by atoms with Gasteiger partial charge in [-0.3, -0.25) is 0 Å². The standard InChI is InChI=1S/C18H15BrN4O4S/c1-27-15-10-13(19)9-12(17(15)24)11-21-23(8-4-7-20)18-14-5-2-3-6-16(14)28(25,26)22-18/h2-3,5-6,9-11,24H,4,8H2,1H3/b21-11-. The molecule has 0 saturated heterocycles. The minimum atomic E-state index is -3.82. The van der Waals surface area contributed by atoms with Crippen LogP contribution < -0.4 is 4.74 Å². The number of phenols is 1. The Kier molecular flexibility index (Phi) is 5.67. The van der Waals surface area contributed by atoms with E-state index in [1.807, 2.05) is 6.07 Å². The van der Waals surface area contributed by atoms with Crippen molar-refractivity contribution in [3.8, 4) is 17.6 Å². The number of amidine groups is 1. The number of nitrogens with zero attached hydrogens (tertiary/aromatic N) is 4. The third kappa shape index (κ3) is 3.85. The average molecular weight is 463 g/mol. The van der Waals surface area contributed by atoms with Crippen LogP contribution in [0.3, 0.4) is 0 Å². The molecule has 0 spiro atoms. The van der Waals surface area contributed by atoms with Crippen molar-refractivity contribution in [3.05, 3.63) is 52.0 Å². The molecule has 2 aromatic carbocycles. The third-order valence-corrected chi connectivity index (χ3v) is 5.70. The maximum absolute atomic E-state index is 12.3. The molecule has 0 fully saturated rings. The SMILES string of the molecule is COc1cc(Br)cc(/C=N\N(CCC#N)C2=NS(=O)(=O)c3ccccc32)c1O. The van der Waals surface area contributed by atoms with Crippen LogP contribution in [0, 0.1) is 11.3 Å². The van der Waals surface area contributed by atoms with Crippen LogP contribution in [0.5, 0.6) is 11.5 Å². The number of benzene rings is 2. The lowest BCUT2D eigenvalue weighted by Gasteiger charge is -2.17. The molecule has 144 valence electrons. The van der Waals surface area contributed by atoms with Crippen LogP contribution in [-0.2, 0) is 10.0 Å². The fraction of sp³-hybridized carbons (Fsp3) is 0.167. The van der Waals surface area contributed by atoms with E-state index in [0.29, 0.717) is 15.6 Å². The number of phenolic OH excluding ortho intramolecular Hbond substituents is 1. The van der Waals surface area contributed by atoms with Crippen LogP contribution in [0.4, 0.5) is 0 Å². The van der Waals surface area contributed by atoms with Crippen molar-refractivity contribution in [2.75, 3.05) is 13.7 Å². The van der Waals surface area contributed by atoms with Gasteiger partial charge in [0.25, 0.3) is 10.0 Å². The van der Waals surface area contributed by atoms with Gasteiger partial charge in [0.1, 0.15) is 4.90 Å². The first-order valence-corrected chi connectivity index (χ1v) is 10.3. The Morgan fingerprint density at radius 3 is 2.86 bits per heavy atom. The van der Waals surface area contributed by atoms with Gasteiger partial charge in [-0.15, -0.1) is 4.40 Å². The zero-order valence-electron chi connectivity index (χ0n) is 14.7. The Hall–Kier alpha value is -2.90. The predicted octanol–water partition coefficient (Wildman–Crippen LogP) is 2.86. The van der Waals surface area contributed by atoms with Gasteiger partial charge in [-0.2, -0.15) is 18.8 Å². The molecule has 0 saturated carbocycles. The summed E-state index contributed by atoms with van der Waals surface area (Å²) >= 11 is 3.33. The van der Waals surface area contributed by atoms with Gasteiger partial charge < -0.3 is 9.84 Å². The van der Waals surface area contributed by atoms with E-state index in [4.69, 9.17) is 10.00 Å². The van der Waals surface area contributed by atoms with Crippen LogP contribution in [0.1, 0.15) is 17.5 Å². The van der Waals surface area contributed by atoms with Gasteiger partial charge in [-0.1, -0.05) is 28.1 Å². The fourth-order valence-electron chi connectivity index (χ4n) is 2.63. The minimum absolute atomic E-state index is 0.0918. The second kappa shape index (κ2) is 8.00. The highest BCUT2D eigenvalue weighted by Gasteiger charge is 2.31. The highest BCUT2D eigenvalue weighted by Crippen LogP contribution is 2.33. The lowest BCUT2D eigenvalue weighted by Crippen LogP contribution is -2.27. The summed E-state index contributed by atoms with van der Waals surface area (Å²) < 4.78 is 34.2. The number of fused-ring (bicyclic) bond motifs is 1. The number of halogens is 1. The second-order valence-electron chi connectivity index (χ2n) is 5.71. The Morgan fingerprint density at radius 2 is 2.14 bits per heavy atom. The molecule has 0 unspecified atom stereocenters. The molecule has 1 heterocycles. The molecule has 0 amide bonds. The highest BCUT2D eigenvalue weighted by atomic mass is 79.9. The smallest absolute Gasteiger partial charge is 0.285 e. The highest BCUT2D eigenvalue weighted by molar-refractivity contribution is 9.10. The number of aromatic hydroxyl groups is 1. The molecule has 10 heteroatoms. The van der Waals surface area contributed by atoms with E-state index < -0.39 is 10.0 Å².